The Morgan fingerprint density at radius 1 is 1.37 bits per heavy atom. The van der Waals surface area contributed by atoms with Crippen molar-refractivity contribution >= 4 is 12.0 Å². The summed E-state index contributed by atoms with van der Waals surface area (Å²) in [6, 6.07) is 0.0123. The number of carboxylic acids is 1. The number of hydrogen-bond donors (Lipinski definition) is 2. The molecule has 2 N–H and O–H groups in total. The lowest BCUT2D eigenvalue weighted by molar-refractivity contribution is -0.144. The van der Waals surface area contributed by atoms with Crippen molar-refractivity contribution in [1.82, 2.24) is 10.2 Å². The van der Waals surface area contributed by atoms with Crippen LogP contribution in [0.15, 0.2) is 0 Å². The highest BCUT2D eigenvalue weighted by Crippen LogP contribution is 2.21. The van der Waals surface area contributed by atoms with E-state index in [1.54, 1.807) is 11.8 Å². The topological polar surface area (TPSA) is 69.6 Å². The summed E-state index contributed by atoms with van der Waals surface area (Å²) in [7, 11) is 0. The van der Waals surface area contributed by atoms with Gasteiger partial charge in [0.15, 0.2) is 0 Å². The number of urea groups is 1. The fraction of sp³-hybridized carbons (Fsp3) is 0.857. The predicted molar refractivity (Wildman–Crippen MR) is 74.1 cm³/mol. The normalized spacial score (nSPS) is 22.7. The Labute approximate surface area is 115 Å². The Bertz CT molecular complexity index is 333. The highest BCUT2D eigenvalue weighted by atomic mass is 16.4. The van der Waals surface area contributed by atoms with Crippen LogP contribution in [0, 0.1) is 0 Å². The van der Waals surface area contributed by atoms with Crippen molar-refractivity contribution in [3.63, 3.8) is 0 Å². The lowest BCUT2D eigenvalue weighted by Crippen LogP contribution is -2.58. The van der Waals surface area contributed by atoms with Crippen LogP contribution in [0.1, 0.15) is 59.3 Å². The maximum Gasteiger partial charge on any atom is 0.329 e. The molecule has 0 aromatic rings. The summed E-state index contributed by atoms with van der Waals surface area (Å²) in [5, 5.41) is 12.0. The van der Waals surface area contributed by atoms with Gasteiger partial charge in [-0.1, -0.05) is 20.3 Å². The number of likely N-dealkylation sites (tertiary alicyclic amines) is 1. The number of piperidine rings is 1. The average molecular weight is 270 g/mol. The number of nitrogens with zero attached hydrogens (tertiary/aromatic N) is 1. The van der Waals surface area contributed by atoms with E-state index in [0.29, 0.717) is 6.42 Å². The first kappa shape index (κ1) is 15.8. The van der Waals surface area contributed by atoms with Gasteiger partial charge in [0.2, 0.25) is 0 Å². The molecule has 2 unspecified atom stereocenters. The first-order valence-corrected chi connectivity index (χ1v) is 7.26. The lowest BCUT2D eigenvalue weighted by Gasteiger charge is -2.37. The highest BCUT2D eigenvalue weighted by Gasteiger charge is 2.36. The van der Waals surface area contributed by atoms with Gasteiger partial charge in [-0.05, 0) is 39.0 Å². The van der Waals surface area contributed by atoms with E-state index >= 15 is 0 Å². The number of hydrogen-bond acceptors (Lipinski definition) is 2. The molecule has 0 radical (unpaired) electrons. The van der Waals surface area contributed by atoms with Gasteiger partial charge >= 0.3 is 12.0 Å². The van der Waals surface area contributed by atoms with E-state index in [1.165, 1.54) is 0 Å². The summed E-state index contributed by atoms with van der Waals surface area (Å²) >= 11 is 0. The molecule has 5 heteroatoms. The Morgan fingerprint density at radius 2 is 2.05 bits per heavy atom. The minimum Gasteiger partial charge on any atom is -0.480 e. The fourth-order valence-electron chi connectivity index (χ4n) is 2.72. The molecule has 1 rings (SSSR count). The zero-order chi connectivity index (χ0) is 14.5. The summed E-state index contributed by atoms with van der Waals surface area (Å²) < 4.78 is 0. The summed E-state index contributed by atoms with van der Waals surface area (Å²) in [5.74, 6) is -0.965. The average Bonchev–Trinajstić information content (AvgIpc) is 2.38. The molecule has 0 aromatic heterocycles. The second-order valence-electron chi connectivity index (χ2n) is 5.57. The number of nitrogens with one attached hydrogen (secondary N) is 1. The Morgan fingerprint density at radius 3 is 2.58 bits per heavy atom. The van der Waals surface area contributed by atoms with Crippen molar-refractivity contribution < 1.29 is 14.7 Å². The standard InChI is InChI=1S/C14H26N2O3/c1-4-9-14(3,12(17)18)15-13(19)16-10-7-6-8-11(16)5-2/h11H,4-10H2,1-3H3,(H,15,19)(H,17,18). The van der Waals surface area contributed by atoms with Crippen LogP contribution < -0.4 is 5.32 Å². The van der Waals surface area contributed by atoms with Crippen molar-refractivity contribution in [3.8, 4) is 0 Å². The van der Waals surface area contributed by atoms with Crippen molar-refractivity contribution in [2.24, 2.45) is 0 Å². The molecule has 0 bridgehead atoms. The van der Waals surface area contributed by atoms with Gasteiger partial charge < -0.3 is 15.3 Å². The van der Waals surface area contributed by atoms with E-state index in [-0.39, 0.29) is 12.1 Å². The first-order valence-electron chi connectivity index (χ1n) is 7.26. The van der Waals surface area contributed by atoms with E-state index in [9.17, 15) is 14.7 Å². The SMILES string of the molecule is CCCC(C)(NC(=O)N1CCCCC1CC)C(=O)O. The summed E-state index contributed by atoms with van der Waals surface area (Å²) in [5.41, 5.74) is -1.17. The van der Waals surface area contributed by atoms with Gasteiger partial charge in [0.1, 0.15) is 5.54 Å². The predicted octanol–water partition coefficient (Wildman–Crippen LogP) is 2.60. The van der Waals surface area contributed by atoms with Crippen LogP contribution in [-0.2, 0) is 4.79 Å². The van der Waals surface area contributed by atoms with E-state index in [0.717, 1.165) is 38.6 Å². The molecule has 2 atom stereocenters. The van der Waals surface area contributed by atoms with Crippen molar-refractivity contribution in [2.45, 2.75) is 70.9 Å². The number of amides is 2. The Hall–Kier alpha value is -1.26. The van der Waals surface area contributed by atoms with Crippen LogP contribution in [0.4, 0.5) is 4.79 Å². The molecule has 0 saturated carbocycles. The van der Waals surface area contributed by atoms with Gasteiger partial charge in [-0.25, -0.2) is 9.59 Å². The third-order valence-corrected chi connectivity index (χ3v) is 3.96. The van der Waals surface area contributed by atoms with Crippen LogP contribution in [0.25, 0.3) is 0 Å². The number of carbonyl (C=O) groups is 2. The maximum absolute atomic E-state index is 12.3. The second kappa shape index (κ2) is 6.78. The minimum atomic E-state index is -1.17. The molecule has 1 aliphatic heterocycles. The smallest absolute Gasteiger partial charge is 0.329 e. The summed E-state index contributed by atoms with van der Waals surface area (Å²) in [6.07, 6.45) is 5.25. The largest absolute Gasteiger partial charge is 0.480 e. The molecular formula is C14H26N2O3. The number of aliphatic carboxylic acids is 1. The number of carbonyl (C=O) groups excluding carboxylic acids is 1. The highest BCUT2D eigenvalue weighted by molar-refractivity contribution is 5.86. The molecule has 0 aliphatic carbocycles. The molecule has 5 nitrogen and oxygen atoms in total. The van der Waals surface area contributed by atoms with Crippen LogP contribution in [0.3, 0.4) is 0 Å². The third kappa shape index (κ3) is 3.85. The fourth-order valence-corrected chi connectivity index (χ4v) is 2.72. The lowest BCUT2D eigenvalue weighted by atomic mass is 9.96. The molecule has 2 amide bonds. The Kier molecular flexibility index (Phi) is 5.63. The van der Waals surface area contributed by atoms with Gasteiger partial charge in [0.05, 0.1) is 0 Å². The van der Waals surface area contributed by atoms with Gasteiger partial charge in [0.25, 0.3) is 0 Å². The molecule has 1 fully saturated rings. The number of carboxylic acid groups (broad SMARTS) is 1. The molecule has 1 aliphatic rings. The molecule has 0 aromatic carbocycles. The molecule has 1 saturated heterocycles. The van der Waals surface area contributed by atoms with Crippen LogP contribution >= 0.6 is 0 Å². The quantitative estimate of drug-likeness (QED) is 0.806. The van der Waals surface area contributed by atoms with Crippen LogP contribution in [0.2, 0.25) is 0 Å². The molecule has 110 valence electrons. The summed E-state index contributed by atoms with van der Waals surface area (Å²) in [6.45, 7) is 6.30. The Balaban J connectivity index is 2.73. The van der Waals surface area contributed by atoms with Gasteiger partial charge in [-0.15, -0.1) is 0 Å². The monoisotopic (exact) mass is 270 g/mol. The second-order valence-corrected chi connectivity index (χ2v) is 5.57. The maximum atomic E-state index is 12.3. The van der Waals surface area contributed by atoms with Crippen molar-refractivity contribution in [2.75, 3.05) is 6.54 Å². The molecule has 0 spiro atoms. The first-order chi connectivity index (χ1) is 8.94. The molecular weight excluding hydrogens is 244 g/mol. The van der Waals surface area contributed by atoms with Crippen LogP contribution in [0.5, 0.6) is 0 Å². The van der Waals surface area contributed by atoms with E-state index in [2.05, 4.69) is 12.2 Å². The molecule has 19 heavy (non-hydrogen) atoms. The summed E-state index contributed by atoms with van der Waals surface area (Å²) in [4.78, 5) is 25.5. The number of rotatable bonds is 5. The van der Waals surface area contributed by atoms with E-state index in [1.807, 2.05) is 6.92 Å². The van der Waals surface area contributed by atoms with Crippen molar-refractivity contribution in [1.29, 1.82) is 0 Å². The van der Waals surface area contributed by atoms with E-state index in [4.69, 9.17) is 0 Å². The minimum absolute atomic E-state index is 0.232. The molecule has 1 heterocycles. The van der Waals surface area contributed by atoms with Gasteiger partial charge in [-0.2, -0.15) is 0 Å². The van der Waals surface area contributed by atoms with Gasteiger partial charge in [0, 0.05) is 12.6 Å². The van der Waals surface area contributed by atoms with Crippen molar-refractivity contribution in [3.05, 3.63) is 0 Å². The zero-order valence-electron chi connectivity index (χ0n) is 12.2. The van der Waals surface area contributed by atoms with E-state index < -0.39 is 11.5 Å². The van der Waals surface area contributed by atoms with Gasteiger partial charge in [-0.3, -0.25) is 0 Å². The van der Waals surface area contributed by atoms with Crippen LogP contribution in [-0.4, -0.2) is 40.1 Å². The zero-order valence-corrected chi connectivity index (χ0v) is 12.2. The third-order valence-electron chi connectivity index (χ3n) is 3.96.